The SMILES string of the molecule is CN(C)S(=O)(=O)c1ccc(C(C)(C)Nc2ccccc2N)cc1. The van der Waals surface area contributed by atoms with Crippen LogP contribution in [-0.4, -0.2) is 26.8 Å². The maximum atomic E-state index is 12.1. The molecule has 0 atom stereocenters. The summed E-state index contributed by atoms with van der Waals surface area (Å²) < 4.78 is 25.4. The third-order valence-corrected chi connectivity index (χ3v) is 5.59. The number of nitrogen functional groups attached to an aromatic ring is 1. The minimum Gasteiger partial charge on any atom is -0.397 e. The molecule has 6 heteroatoms. The third kappa shape index (κ3) is 3.65. The average molecular weight is 333 g/mol. The van der Waals surface area contributed by atoms with Crippen LogP contribution in [0.5, 0.6) is 0 Å². The van der Waals surface area contributed by atoms with Gasteiger partial charge in [0.15, 0.2) is 0 Å². The molecule has 0 amide bonds. The van der Waals surface area contributed by atoms with Gasteiger partial charge < -0.3 is 11.1 Å². The van der Waals surface area contributed by atoms with Gasteiger partial charge in [-0.25, -0.2) is 12.7 Å². The smallest absolute Gasteiger partial charge is 0.242 e. The lowest BCUT2D eigenvalue weighted by Gasteiger charge is -2.29. The largest absolute Gasteiger partial charge is 0.397 e. The highest BCUT2D eigenvalue weighted by Crippen LogP contribution is 2.29. The molecule has 2 aromatic rings. The number of anilines is 2. The molecule has 0 saturated carbocycles. The Hall–Kier alpha value is -2.05. The van der Waals surface area contributed by atoms with Crippen LogP contribution >= 0.6 is 0 Å². The molecule has 0 saturated heterocycles. The van der Waals surface area contributed by atoms with Crippen molar-refractivity contribution in [3.63, 3.8) is 0 Å². The summed E-state index contributed by atoms with van der Waals surface area (Å²) >= 11 is 0. The van der Waals surface area contributed by atoms with Gasteiger partial charge in [0.2, 0.25) is 10.0 Å². The molecule has 0 bridgehead atoms. The second kappa shape index (κ2) is 6.22. The van der Waals surface area contributed by atoms with Crippen molar-refractivity contribution in [2.24, 2.45) is 0 Å². The summed E-state index contributed by atoms with van der Waals surface area (Å²) in [5, 5.41) is 3.40. The Morgan fingerprint density at radius 3 is 2.09 bits per heavy atom. The number of nitrogens with two attached hydrogens (primary N) is 1. The van der Waals surface area contributed by atoms with Crippen molar-refractivity contribution in [1.29, 1.82) is 0 Å². The second-order valence-corrected chi connectivity index (χ2v) is 8.30. The molecule has 0 heterocycles. The van der Waals surface area contributed by atoms with E-state index < -0.39 is 15.6 Å². The van der Waals surface area contributed by atoms with E-state index in [1.807, 2.05) is 50.2 Å². The lowest BCUT2D eigenvalue weighted by Crippen LogP contribution is -2.28. The fourth-order valence-corrected chi connectivity index (χ4v) is 3.18. The van der Waals surface area contributed by atoms with Crippen LogP contribution in [0.4, 0.5) is 11.4 Å². The van der Waals surface area contributed by atoms with Crippen LogP contribution in [0.1, 0.15) is 19.4 Å². The monoisotopic (exact) mass is 333 g/mol. The van der Waals surface area contributed by atoms with E-state index in [-0.39, 0.29) is 4.90 Å². The van der Waals surface area contributed by atoms with Crippen LogP contribution in [-0.2, 0) is 15.6 Å². The van der Waals surface area contributed by atoms with E-state index in [0.717, 1.165) is 11.3 Å². The number of para-hydroxylation sites is 2. The molecule has 2 aromatic carbocycles. The van der Waals surface area contributed by atoms with Crippen molar-refractivity contribution in [1.82, 2.24) is 4.31 Å². The van der Waals surface area contributed by atoms with Gasteiger partial charge in [0.05, 0.1) is 21.8 Å². The van der Waals surface area contributed by atoms with Gasteiger partial charge in [-0.1, -0.05) is 24.3 Å². The molecule has 0 fully saturated rings. The van der Waals surface area contributed by atoms with E-state index in [2.05, 4.69) is 5.32 Å². The molecular weight excluding hydrogens is 310 g/mol. The van der Waals surface area contributed by atoms with Crippen LogP contribution in [0.2, 0.25) is 0 Å². The first-order chi connectivity index (χ1) is 10.6. The maximum Gasteiger partial charge on any atom is 0.242 e. The van der Waals surface area contributed by atoms with E-state index >= 15 is 0 Å². The Kier molecular flexibility index (Phi) is 4.68. The van der Waals surface area contributed by atoms with Gasteiger partial charge in [0.25, 0.3) is 0 Å². The van der Waals surface area contributed by atoms with Gasteiger partial charge in [-0.05, 0) is 43.7 Å². The average Bonchev–Trinajstić information content (AvgIpc) is 2.49. The highest BCUT2D eigenvalue weighted by atomic mass is 32.2. The molecule has 124 valence electrons. The molecule has 0 aliphatic carbocycles. The first kappa shape index (κ1) is 17.3. The molecule has 0 aromatic heterocycles. The predicted molar refractivity (Wildman–Crippen MR) is 94.8 cm³/mol. The first-order valence-corrected chi connectivity index (χ1v) is 8.74. The van der Waals surface area contributed by atoms with Crippen molar-refractivity contribution < 1.29 is 8.42 Å². The van der Waals surface area contributed by atoms with E-state index in [1.165, 1.54) is 18.4 Å². The Balaban J connectivity index is 2.29. The van der Waals surface area contributed by atoms with Crippen LogP contribution in [0.15, 0.2) is 53.4 Å². The molecule has 3 N–H and O–H groups in total. The molecule has 0 aliphatic heterocycles. The van der Waals surface area contributed by atoms with Gasteiger partial charge in [-0.3, -0.25) is 0 Å². The van der Waals surface area contributed by atoms with E-state index in [4.69, 9.17) is 5.73 Å². The van der Waals surface area contributed by atoms with Gasteiger partial charge in [0, 0.05) is 14.1 Å². The van der Waals surface area contributed by atoms with E-state index in [1.54, 1.807) is 12.1 Å². The summed E-state index contributed by atoms with van der Waals surface area (Å²) in [5.74, 6) is 0. The predicted octanol–water partition coefficient (Wildman–Crippen LogP) is 2.87. The molecule has 0 unspecified atom stereocenters. The zero-order valence-electron chi connectivity index (χ0n) is 13.9. The second-order valence-electron chi connectivity index (χ2n) is 6.15. The summed E-state index contributed by atoms with van der Waals surface area (Å²) in [4.78, 5) is 0.279. The third-order valence-electron chi connectivity index (χ3n) is 3.76. The standard InChI is InChI=1S/C17H23N3O2S/c1-17(2,19-16-8-6-5-7-15(16)18)13-9-11-14(12-10-13)23(21,22)20(3)4/h5-12,19H,18H2,1-4H3. The highest BCUT2D eigenvalue weighted by Gasteiger charge is 2.23. The minimum atomic E-state index is -3.41. The molecule has 0 spiro atoms. The van der Waals surface area contributed by atoms with Crippen LogP contribution in [0, 0.1) is 0 Å². The number of benzene rings is 2. The number of rotatable bonds is 5. The number of hydrogen-bond acceptors (Lipinski definition) is 4. The zero-order valence-corrected chi connectivity index (χ0v) is 14.7. The van der Waals surface area contributed by atoms with Crippen molar-refractivity contribution >= 4 is 21.4 Å². The quantitative estimate of drug-likeness (QED) is 0.825. The molecule has 23 heavy (non-hydrogen) atoms. The van der Waals surface area contributed by atoms with Gasteiger partial charge >= 0.3 is 0 Å². The number of nitrogens with zero attached hydrogens (tertiary/aromatic N) is 1. The summed E-state index contributed by atoms with van der Waals surface area (Å²) in [6.45, 7) is 4.05. The summed E-state index contributed by atoms with van der Waals surface area (Å²) in [7, 11) is -0.370. The Morgan fingerprint density at radius 1 is 1.00 bits per heavy atom. The molecule has 0 aliphatic rings. The Morgan fingerprint density at radius 2 is 1.57 bits per heavy atom. The molecular formula is C17H23N3O2S. The lowest BCUT2D eigenvalue weighted by atomic mass is 9.94. The topological polar surface area (TPSA) is 75.4 Å². The molecule has 2 rings (SSSR count). The van der Waals surface area contributed by atoms with Crippen molar-refractivity contribution in [2.75, 3.05) is 25.1 Å². The normalized spacial score (nSPS) is 12.4. The molecule has 0 radical (unpaired) electrons. The Labute approximate surface area is 138 Å². The van der Waals surface area contributed by atoms with Crippen LogP contribution in [0.25, 0.3) is 0 Å². The van der Waals surface area contributed by atoms with Gasteiger partial charge in [-0.2, -0.15) is 0 Å². The first-order valence-electron chi connectivity index (χ1n) is 7.30. The number of hydrogen-bond donors (Lipinski definition) is 2. The summed E-state index contributed by atoms with van der Waals surface area (Å²) in [6, 6.07) is 14.5. The fraction of sp³-hybridized carbons (Fsp3) is 0.294. The fourth-order valence-electron chi connectivity index (χ4n) is 2.27. The number of sulfonamides is 1. The van der Waals surface area contributed by atoms with Crippen molar-refractivity contribution in [3.05, 3.63) is 54.1 Å². The molecule has 5 nitrogen and oxygen atoms in total. The maximum absolute atomic E-state index is 12.1. The van der Waals surface area contributed by atoms with E-state index in [0.29, 0.717) is 5.69 Å². The number of nitrogens with one attached hydrogen (secondary N) is 1. The van der Waals surface area contributed by atoms with Crippen LogP contribution in [0.3, 0.4) is 0 Å². The van der Waals surface area contributed by atoms with E-state index in [9.17, 15) is 8.42 Å². The van der Waals surface area contributed by atoms with Crippen molar-refractivity contribution in [3.8, 4) is 0 Å². The zero-order chi connectivity index (χ0) is 17.3. The lowest BCUT2D eigenvalue weighted by molar-refractivity contribution is 0.520. The van der Waals surface area contributed by atoms with Gasteiger partial charge in [0.1, 0.15) is 0 Å². The highest BCUT2D eigenvalue weighted by molar-refractivity contribution is 7.89. The summed E-state index contributed by atoms with van der Waals surface area (Å²) in [6.07, 6.45) is 0. The van der Waals surface area contributed by atoms with Gasteiger partial charge in [-0.15, -0.1) is 0 Å². The summed E-state index contributed by atoms with van der Waals surface area (Å²) in [5.41, 5.74) is 8.07. The van der Waals surface area contributed by atoms with Crippen LogP contribution < -0.4 is 11.1 Å². The Bertz CT molecular complexity index is 782. The van der Waals surface area contributed by atoms with Crippen molar-refractivity contribution in [2.45, 2.75) is 24.3 Å². The minimum absolute atomic E-state index is 0.279.